The normalized spacial score (nSPS) is 29.2. The lowest BCUT2D eigenvalue weighted by Gasteiger charge is -2.53. The second-order valence-corrected chi connectivity index (χ2v) is 7.46. The van der Waals surface area contributed by atoms with Crippen molar-refractivity contribution in [3.8, 4) is 0 Å². The van der Waals surface area contributed by atoms with E-state index in [1.54, 1.807) is 0 Å². The first kappa shape index (κ1) is 23.0. The predicted octanol–water partition coefficient (Wildman–Crippen LogP) is 5.24. The topological polar surface area (TPSA) is 20.2 Å². The van der Waals surface area contributed by atoms with E-state index < -0.39 is 52.2 Å². The SMILES string of the molecule is OCCCCC(I)CC1(F)C(F)(F)C(F)(F)C(F)(F)C(F)(F)C1(F)F. The van der Waals surface area contributed by atoms with E-state index in [4.69, 9.17) is 5.11 Å². The molecule has 0 aromatic carbocycles. The van der Waals surface area contributed by atoms with Gasteiger partial charge < -0.3 is 5.11 Å². The lowest BCUT2D eigenvalue weighted by Crippen LogP contribution is -2.83. The van der Waals surface area contributed by atoms with Gasteiger partial charge in [-0.15, -0.1) is 0 Å². The molecule has 0 spiro atoms. The van der Waals surface area contributed by atoms with Crippen LogP contribution in [0.4, 0.5) is 48.3 Å². The molecule has 1 aliphatic carbocycles. The maximum absolute atomic E-state index is 14.4. The van der Waals surface area contributed by atoms with Gasteiger partial charge in [-0.2, -0.15) is 43.9 Å². The van der Waals surface area contributed by atoms with Crippen molar-refractivity contribution in [2.75, 3.05) is 6.61 Å². The number of aliphatic hydroxyl groups is 1. The Labute approximate surface area is 148 Å². The number of halogens is 12. The van der Waals surface area contributed by atoms with Crippen molar-refractivity contribution in [1.82, 2.24) is 0 Å². The molecule has 0 radical (unpaired) electrons. The number of hydrogen-bond donors (Lipinski definition) is 1. The Morgan fingerprint density at radius 3 is 1.36 bits per heavy atom. The summed E-state index contributed by atoms with van der Waals surface area (Å²) in [5, 5.41) is 8.51. The van der Waals surface area contributed by atoms with Crippen molar-refractivity contribution in [3.63, 3.8) is 0 Å². The van der Waals surface area contributed by atoms with Gasteiger partial charge in [-0.1, -0.05) is 29.0 Å². The molecular weight excluding hydrogens is 496 g/mol. The zero-order chi connectivity index (χ0) is 20.1. The third-order valence-corrected chi connectivity index (χ3v) is 5.06. The summed E-state index contributed by atoms with van der Waals surface area (Å²) in [6.07, 6.45) is -2.59. The third-order valence-electron chi connectivity index (χ3n) is 4.00. The molecule has 0 aromatic rings. The molecule has 1 aliphatic rings. The second-order valence-electron chi connectivity index (χ2n) is 5.69. The van der Waals surface area contributed by atoms with Crippen LogP contribution in [0.25, 0.3) is 0 Å². The minimum Gasteiger partial charge on any atom is -0.396 e. The summed E-state index contributed by atoms with van der Waals surface area (Å²) in [7, 11) is 0. The van der Waals surface area contributed by atoms with Gasteiger partial charge in [0.25, 0.3) is 5.67 Å². The van der Waals surface area contributed by atoms with E-state index in [0.29, 0.717) is 0 Å². The maximum atomic E-state index is 14.4. The van der Waals surface area contributed by atoms with Crippen molar-refractivity contribution in [2.24, 2.45) is 0 Å². The van der Waals surface area contributed by atoms with Crippen LogP contribution in [0.1, 0.15) is 25.7 Å². The van der Waals surface area contributed by atoms with Gasteiger partial charge in [0.1, 0.15) is 0 Å². The summed E-state index contributed by atoms with van der Waals surface area (Å²) >= 11 is 1.09. The molecule has 1 N–H and O–H groups in total. The Kier molecular flexibility index (Phi) is 5.98. The van der Waals surface area contributed by atoms with Crippen LogP contribution in [0, 0.1) is 0 Å². The lowest BCUT2D eigenvalue weighted by molar-refractivity contribution is -0.485. The molecule has 0 aliphatic heterocycles. The number of unbranched alkanes of at least 4 members (excludes halogenated alkanes) is 1. The van der Waals surface area contributed by atoms with Crippen molar-refractivity contribution >= 4 is 22.6 Å². The molecule has 0 heterocycles. The van der Waals surface area contributed by atoms with Gasteiger partial charge in [0.05, 0.1) is 0 Å². The van der Waals surface area contributed by atoms with Gasteiger partial charge >= 0.3 is 29.6 Å². The molecule has 0 bridgehead atoms. The van der Waals surface area contributed by atoms with Crippen molar-refractivity contribution in [1.29, 1.82) is 0 Å². The van der Waals surface area contributed by atoms with Gasteiger partial charge in [0.2, 0.25) is 0 Å². The molecule has 1 nitrogen and oxygen atoms in total. The van der Waals surface area contributed by atoms with Crippen LogP contribution in [0.15, 0.2) is 0 Å². The lowest BCUT2D eigenvalue weighted by atomic mass is 9.70. The van der Waals surface area contributed by atoms with Crippen LogP contribution < -0.4 is 0 Å². The number of aliphatic hydroxyl groups excluding tert-OH is 1. The van der Waals surface area contributed by atoms with Crippen molar-refractivity contribution < 1.29 is 53.4 Å². The largest absolute Gasteiger partial charge is 0.396 e. The van der Waals surface area contributed by atoms with E-state index in [-0.39, 0.29) is 19.3 Å². The molecule has 25 heavy (non-hydrogen) atoms. The highest BCUT2D eigenvalue weighted by Gasteiger charge is 3.00. The van der Waals surface area contributed by atoms with Gasteiger partial charge in [0.15, 0.2) is 0 Å². The molecule has 150 valence electrons. The summed E-state index contributed by atoms with van der Waals surface area (Å²) in [6, 6.07) is 0. The van der Waals surface area contributed by atoms with E-state index in [1.807, 2.05) is 0 Å². The molecule has 0 amide bonds. The summed E-state index contributed by atoms with van der Waals surface area (Å²) in [4.78, 5) is 0. The summed E-state index contributed by atoms with van der Waals surface area (Å²) in [5.74, 6) is -34.8. The van der Waals surface area contributed by atoms with Crippen LogP contribution in [0.5, 0.6) is 0 Å². The minimum atomic E-state index is -7.17. The standard InChI is InChI=1S/C12H12F11IO/c13-7(5-6(24)3-1-2-4-25)8(14,15)10(18,19)12(22,23)11(20,21)9(7,16)17/h6,25H,1-5H2. The Morgan fingerprint density at radius 1 is 0.640 bits per heavy atom. The van der Waals surface area contributed by atoms with Crippen LogP contribution in [-0.4, -0.2) is 50.9 Å². The fraction of sp³-hybridized carbons (Fsp3) is 1.00. The minimum absolute atomic E-state index is 0.0238. The Bertz CT molecular complexity index is 463. The first-order valence-electron chi connectivity index (χ1n) is 6.78. The number of rotatable bonds is 6. The molecule has 1 saturated carbocycles. The van der Waals surface area contributed by atoms with Crippen molar-refractivity contribution in [2.45, 2.75) is 64.9 Å². The van der Waals surface area contributed by atoms with Gasteiger partial charge in [0, 0.05) is 17.0 Å². The summed E-state index contributed by atoms with van der Waals surface area (Å²) in [6.45, 7) is -0.404. The molecule has 0 saturated heterocycles. The number of alkyl halides is 12. The molecule has 0 aromatic heterocycles. The molecular formula is C12H12F11IO. The Balaban J connectivity index is 3.40. The molecule has 1 rings (SSSR count). The quantitative estimate of drug-likeness (QED) is 0.225. The average molecular weight is 508 g/mol. The maximum Gasteiger partial charge on any atom is 0.384 e. The highest BCUT2D eigenvalue weighted by molar-refractivity contribution is 14.1. The summed E-state index contributed by atoms with van der Waals surface area (Å²) in [5.41, 5.74) is -5.90. The van der Waals surface area contributed by atoms with Gasteiger partial charge in [-0.3, -0.25) is 0 Å². The van der Waals surface area contributed by atoms with E-state index in [2.05, 4.69) is 0 Å². The third kappa shape index (κ3) is 2.81. The van der Waals surface area contributed by atoms with Gasteiger partial charge in [-0.25, -0.2) is 4.39 Å². The zero-order valence-corrected chi connectivity index (χ0v) is 14.3. The first-order chi connectivity index (χ1) is 11.0. The Morgan fingerprint density at radius 2 is 1.00 bits per heavy atom. The van der Waals surface area contributed by atoms with E-state index in [0.717, 1.165) is 22.6 Å². The smallest absolute Gasteiger partial charge is 0.384 e. The first-order valence-corrected chi connectivity index (χ1v) is 8.03. The van der Waals surface area contributed by atoms with Crippen LogP contribution in [0.3, 0.4) is 0 Å². The molecule has 13 heteroatoms. The van der Waals surface area contributed by atoms with E-state index >= 15 is 0 Å². The predicted molar refractivity (Wildman–Crippen MR) is 71.9 cm³/mol. The van der Waals surface area contributed by atoms with Crippen molar-refractivity contribution in [3.05, 3.63) is 0 Å². The monoisotopic (exact) mass is 508 g/mol. The fourth-order valence-electron chi connectivity index (χ4n) is 2.43. The highest BCUT2D eigenvalue weighted by atomic mass is 127. The zero-order valence-electron chi connectivity index (χ0n) is 12.1. The van der Waals surface area contributed by atoms with Crippen LogP contribution in [-0.2, 0) is 0 Å². The van der Waals surface area contributed by atoms with Gasteiger partial charge in [-0.05, 0) is 12.8 Å². The average Bonchev–Trinajstić information content (AvgIpc) is 2.45. The summed E-state index contributed by atoms with van der Waals surface area (Å²) < 4.78 is 147. The molecule has 1 atom stereocenters. The van der Waals surface area contributed by atoms with E-state index in [9.17, 15) is 48.3 Å². The van der Waals surface area contributed by atoms with Crippen LogP contribution in [0.2, 0.25) is 0 Å². The number of hydrogen-bond acceptors (Lipinski definition) is 1. The molecule has 1 unspecified atom stereocenters. The fourth-order valence-corrected chi connectivity index (χ4v) is 3.47. The van der Waals surface area contributed by atoms with Crippen LogP contribution >= 0.6 is 22.6 Å². The van der Waals surface area contributed by atoms with E-state index in [1.165, 1.54) is 0 Å². The second kappa shape index (κ2) is 6.51. The Hall–Kier alpha value is -0.0800. The molecule has 1 fully saturated rings. The highest BCUT2D eigenvalue weighted by Crippen LogP contribution is 2.70.